The van der Waals surface area contributed by atoms with Crippen molar-refractivity contribution in [2.24, 2.45) is 0 Å². The number of rotatable bonds is 5. The van der Waals surface area contributed by atoms with Crippen LogP contribution in [0.1, 0.15) is 23.0 Å². The Morgan fingerprint density at radius 3 is 2.28 bits per heavy atom. The Kier molecular flexibility index (Phi) is 6.42. The molecule has 1 aromatic carbocycles. The number of benzene rings is 1. The Balaban J connectivity index is 1.33. The van der Waals surface area contributed by atoms with Gasteiger partial charge in [-0.3, -0.25) is 14.7 Å². The van der Waals surface area contributed by atoms with Gasteiger partial charge in [0.1, 0.15) is 5.69 Å². The van der Waals surface area contributed by atoms with Crippen molar-refractivity contribution in [3.8, 4) is 0 Å². The van der Waals surface area contributed by atoms with E-state index < -0.39 is 0 Å². The molecule has 0 atom stereocenters. The molecule has 0 aliphatic carbocycles. The van der Waals surface area contributed by atoms with Gasteiger partial charge in [-0.25, -0.2) is 0 Å². The summed E-state index contributed by atoms with van der Waals surface area (Å²) in [5.41, 5.74) is 3.00. The number of carbonyl (C=O) groups excluding carboxylic acids is 1. The van der Waals surface area contributed by atoms with E-state index in [0.717, 1.165) is 71.1 Å². The van der Waals surface area contributed by atoms with Crippen LogP contribution in [0.4, 0.5) is 5.69 Å². The Labute approximate surface area is 173 Å². The molecular formula is C23H31N5O. The maximum atomic E-state index is 13.0. The van der Waals surface area contributed by atoms with Crippen LogP contribution in [0.15, 0.2) is 48.7 Å². The highest BCUT2D eigenvalue weighted by molar-refractivity contribution is 5.93. The van der Waals surface area contributed by atoms with E-state index >= 15 is 0 Å². The third-order valence-electron chi connectivity index (χ3n) is 6.06. The summed E-state index contributed by atoms with van der Waals surface area (Å²) in [6.07, 6.45) is 1.78. The number of carbonyl (C=O) groups is 1. The van der Waals surface area contributed by atoms with Gasteiger partial charge in [-0.15, -0.1) is 0 Å². The monoisotopic (exact) mass is 393 g/mol. The fourth-order valence-electron chi connectivity index (χ4n) is 4.17. The van der Waals surface area contributed by atoms with E-state index in [2.05, 4.69) is 50.9 Å². The molecule has 2 fully saturated rings. The van der Waals surface area contributed by atoms with Gasteiger partial charge in [0.05, 0.1) is 0 Å². The Morgan fingerprint density at radius 2 is 1.59 bits per heavy atom. The average molecular weight is 394 g/mol. The summed E-state index contributed by atoms with van der Waals surface area (Å²) in [6.45, 7) is 11.7. The molecule has 0 saturated carbocycles. The first-order valence-corrected chi connectivity index (χ1v) is 10.7. The molecule has 4 rings (SSSR count). The SMILES string of the molecule is CCN1CCN(c2ccnc(C(=O)N3CCN(Cc4ccccc4)CC3)c2)CC1. The number of piperazine rings is 2. The van der Waals surface area contributed by atoms with Crippen LogP contribution >= 0.6 is 0 Å². The number of amides is 1. The molecule has 3 heterocycles. The molecule has 0 bridgehead atoms. The molecule has 0 unspecified atom stereocenters. The lowest BCUT2D eigenvalue weighted by atomic mass is 10.2. The second kappa shape index (κ2) is 9.37. The molecule has 29 heavy (non-hydrogen) atoms. The van der Waals surface area contributed by atoms with Gasteiger partial charge < -0.3 is 14.7 Å². The first kappa shape index (κ1) is 19.9. The Hall–Kier alpha value is -2.44. The van der Waals surface area contributed by atoms with Gasteiger partial charge >= 0.3 is 0 Å². The van der Waals surface area contributed by atoms with Gasteiger partial charge in [0.25, 0.3) is 5.91 Å². The molecule has 2 saturated heterocycles. The fraction of sp³-hybridized carbons (Fsp3) is 0.478. The third kappa shape index (κ3) is 4.95. The summed E-state index contributed by atoms with van der Waals surface area (Å²) in [6, 6.07) is 14.5. The van der Waals surface area contributed by atoms with Gasteiger partial charge in [0, 0.05) is 70.8 Å². The predicted molar refractivity (Wildman–Crippen MR) is 116 cm³/mol. The number of hydrogen-bond donors (Lipinski definition) is 0. The highest BCUT2D eigenvalue weighted by atomic mass is 16.2. The molecule has 6 heteroatoms. The minimum atomic E-state index is 0.0541. The lowest BCUT2D eigenvalue weighted by molar-refractivity contribution is 0.0623. The standard InChI is InChI=1S/C23H31N5O/c1-2-25-10-14-27(15-11-25)21-8-9-24-22(18-21)23(29)28-16-12-26(13-17-28)19-20-6-4-3-5-7-20/h3-9,18H,2,10-17,19H2,1H3. The van der Waals surface area contributed by atoms with Crippen LogP contribution in [0.5, 0.6) is 0 Å². The van der Waals surface area contributed by atoms with Crippen molar-refractivity contribution in [3.05, 3.63) is 59.9 Å². The fourth-order valence-corrected chi connectivity index (χ4v) is 4.17. The quantitative estimate of drug-likeness (QED) is 0.779. The number of hydrogen-bond acceptors (Lipinski definition) is 5. The van der Waals surface area contributed by atoms with E-state index in [0.29, 0.717) is 5.69 Å². The zero-order chi connectivity index (χ0) is 20.1. The van der Waals surface area contributed by atoms with Crippen molar-refractivity contribution in [3.63, 3.8) is 0 Å². The molecule has 154 valence electrons. The number of nitrogens with zero attached hydrogens (tertiary/aromatic N) is 5. The van der Waals surface area contributed by atoms with Crippen molar-refractivity contribution in [1.82, 2.24) is 19.7 Å². The third-order valence-corrected chi connectivity index (χ3v) is 6.06. The van der Waals surface area contributed by atoms with Crippen LogP contribution in [0, 0.1) is 0 Å². The van der Waals surface area contributed by atoms with E-state index in [1.165, 1.54) is 5.56 Å². The lowest BCUT2D eigenvalue weighted by Crippen LogP contribution is -2.48. The van der Waals surface area contributed by atoms with E-state index in [1.807, 2.05) is 23.1 Å². The molecule has 0 spiro atoms. The Morgan fingerprint density at radius 1 is 0.897 bits per heavy atom. The molecule has 1 amide bonds. The van der Waals surface area contributed by atoms with Gasteiger partial charge in [0.2, 0.25) is 0 Å². The van der Waals surface area contributed by atoms with Crippen LogP contribution in [-0.2, 0) is 6.54 Å². The van der Waals surface area contributed by atoms with E-state index in [1.54, 1.807) is 6.20 Å². The van der Waals surface area contributed by atoms with Crippen molar-refractivity contribution >= 4 is 11.6 Å². The Bertz CT molecular complexity index is 796. The topological polar surface area (TPSA) is 42.9 Å². The molecular weight excluding hydrogens is 362 g/mol. The second-order valence-corrected chi connectivity index (χ2v) is 7.87. The summed E-state index contributed by atoms with van der Waals surface area (Å²) in [4.78, 5) is 26.6. The van der Waals surface area contributed by atoms with Gasteiger partial charge in [-0.2, -0.15) is 0 Å². The normalized spacial score (nSPS) is 18.8. The van der Waals surface area contributed by atoms with Gasteiger partial charge in [0.15, 0.2) is 0 Å². The summed E-state index contributed by atoms with van der Waals surface area (Å²) in [5.74, 6) is 0.0541. The molecule has 1 aromatic heterocycles. The van der Waals surface area contributed by atoms with E-state index in [9.17, 15) is 4.79 Å². The van der Waals surface area contributed by atoms with Crippen LogP contribution in [-0.4, -0.2) is 84.5 Å². The van der Waals surface area contributed by atoms with Crippen molar-refractivity contribution in [1.29, 1.82) is 0 Å². The number of aromatic nitrogens is 1. The summed E-state index contributed by atoms with van der Waals surface area (Å²) >= 11 is 0. The molecule has 2 aliphatic rings. The maximum absolute atomic E-state index is 13.0. The minimum absolute atomic E-state index is 0.0541. The maximum Gasteiger partial charge on any atom is 0.272 e. The van der Waals surface area contributed by atoms with Crippen LogP contribution in [0.3, 0.4) is 0 Å². The number of pyridine rings is 1. The second-order valence-electron chi connectivity index (χ2n) is 7.87. The molecule has 0 N–H and O–H groups in total. The number of anilines is 1. The largest absolute Gasteiger partial charge is 0.369 e. The van der Waals surface area contributed by atoms with Crippen molar-refractivity contribution in [2.75, 3.05) is 63.8 Å². The zero-order valence-corrected chi connectivity index (χ0v) is 17.3. The van der Waals surface area contributed by atoms with Crippen molar-refractivity contribution < 1.29 is 4.79 Å². The van der Waals surface area contributed by atoms with E-state index in [-0.39, 0.29) is 5.91 Å². The van der Waals surface area contributed by atoms with E-state index in [4.69, 9.17) is 0 Å². The zero-order valence-electron chi connectivity index (χ0n) is 17.3. The first-order valence-electron chi connectivity index (χ1n) is 10.7. The summed E-state index contributed by atoms with van der Waals surface area (Å²) in [7, 11) is 0. The van der Waals surface area contributed by atoms with Gasteiger partial charge in [-0.05, 0) is 24.2 Å². The van der Waals surface area contributed by atoms with Crippen LogP contribution in [0.25, 0.3) is 0 Å². The van der Waals surface area contributed by atoms with Gasteiger partial charge in [-0.1, -0.05) is 37.3 Å². The molecule has 6 nitrogen and oxygen atoms in total. The van der Waals surface area contributed by atoms with Crippen LogP contribution < -0.4 is 4.90 Å². The molecule has 0 radical (unpaired) electrons. The first-order chi connectivity index (χ1) is 14.2. The molecule has 2 aliphatic heterocycles. The highest BCUT2D eigenvalue weighted by Gasteiger charge is 2.24. The predicted octanol–water partition coefficient (Wildman–Crippen LogP) is 2.18. The summed E-state index contributed by atoms with van der Waals surface area (Å²) < 4.78 is 0. The highest BCUT2D eigenvalue weighted by Crippen LogP contribution is 2.18. The smallest absolute Gasteiger partial charge is 0.272 e. The van der Waals surface area contributed by atoms with Crippen molar-refractivity contribution in [2.45, 2.75) is 13.5 Å². The average Bonchev–Trinajstić information content (AvgIpc) is 2.80. The van der Waals surface area contributed by atoms with Crippen LogP contribution in [0.2, 0.25) is 0 Å². The minimum Gasteiger partial charge on any atom is -0.369 e. The summed E-state index contributed by atoms with van der Waals surface area (Å²) in [5, 5.41) is 0. The lowest BCUT2D eigenvalue weighted by Gasteiger charge is -2.36. The number of likely N-dealkylation sites (N-methyl/N-ethyl adjacent to an activating group) is 1. The molecule has 2 aromatic rings.